The van der Waals surface area contributed by atoms with Gasteiger partial charge in [0, 0.05) is 18.5 Å². The largest absolute Gasteiger partial charge is 0.351 e. The van der Waals surface area contributed by atoms with E-state index in [0.29, 0.717) is 13.0 Å². The number of hydrogen-bond acceptors (Lipinski definition) is 3. The molecule has 0 fully saturated rings. The van der Waals surface area contributed by atoms with Gasteiger partial charge in [0.1, 0.15) is 6.67 Å². The molecule has 1 rings (SSSR count). The number of halogens is 1. The number of nitrogens with one attached hydrogen (secondary N) is 2. The zero-order chi connectivity index (χ0) is 22.5. The van der Waals surface area contributed by atoms with E-state index in [1.165, 1.54) is 6.92 Å². The van der Waals surface area contributed by atoms with Gasteiger partial charge in [-0.1, -0.05) is 53.0 Å². The maximum Gasteiger partial charge on any atom is 0.223 e. The van der Waals surface area contributed by atoms with Gasteiger partial charge in [-0.05, 0) is 43.2 Å². The third-order valence-electron chi connectivity index (χ3n) is 5.70. The molecule has 0 saturated heterocycles. The molecule has 1 heterocycles. The van der Waals surface area contributed by atoms with Gasteiger partial charge in [0.25, 0.3) is 0 Å². The molecule has 0 saturated carbocycles. The number of amides is 2. The number of rotatable bonds is 14. The Bertz CT molecular complexity index is 653. The van der Waals surface area contributed by atoms with Crippen LogP contribution in [0, 0.1) is 17.8 Å². The Hall–Kier alpha value is -1.98. The summed E-state index contributed by atoms with van der Waals surface area (Å²) < 4.78 is 13.7. The van der Waals surface area contributed by atoms with Crippen LogP contribution in [0.2, 0.25) is 0 Å². The van der Waals surface area contributed by atoms with Gasteiger partial charge in [-0.15, -0.1) is 0 Å². The molecule has 0 aliphatic carbocycles. The van der Waals surface area contributed by atoms with Crippen molar-refractivity contribution in [2.75, 3.05) is 6.67 Å². The molecule has 6 heteroatoms. The highest BCUT2D eigenvalue weighted by Crippen LogP contribution is 2.26. The molecule has 0 bridgehead atoms. The number of nitrogens with zero attached hydrogens (tertiary/aromatic N) is 1. The molecule has 0 spiro atoms. The highest BCUT2D eigenvalue weighted by atomic mass is 19.1. The monoisotopic (exact) mass is 421 g/mol. The lowest BCUT2D eigenvalue weighted by molar-refractivity contribution is -0.125. The smallest absolute Gasteiger partial charge is 0.223 e. The van der Waals surface area contributed by atoms with Crippen molar-refractivity contribution in [1.82, 2.24) is 15.6 Å². The number of aromatic nitrogens is 1. The molecular weight excluding hydrogens is 381 g/mol. The molecule has 4 unspecified atom stereocenters. The first-order valence-corrected chi connectivity index (χ1v) is 11.4. The first-order chi connectivity index (χ1) is 14.3. The molecule has 4 atom stereocenters. The van der Waals surface area contributed by atoms with Crippen LogP contribution in [0.25, 0.3) is 0 Å². The van der Waals surface area contributed by atoms with E-state index in [1.54, 1.807) is 0 Å². The SMILES string of the molecule is CCCCC(C(C)Cc1cccc(CNC(=O)C(C)CCC)n1)C(CF)NC(C)=O. The van der Waals surface area contributed by atoms with E-state index < -0.39 is 12.7 Å². The highest BCUT2D eigenvalue weighted by Gasteiger charge is 2.27. The zero-order valence-corrected chi connectivity index (χ0v) is 19.3. The first kappa shape index (κ1) is 26.1. The Labute approximate surface area is 181 Å². The number of alkyl halides is 1. The van der Waals surface area contributed by atoms with Crippen LogP contribution in [0.1, 0.15) is 78.1 Å². The molecule has 2 N–H and O–H groups in total. The Morgan fingerprint density at radius 3 is 2.40 bits per heavy atom. The summed E-state index contributed by atoms with van der Waals surface area (Å²) in [5, 5.41) is 5.75. The van der Waals surface area contributed by atoms with Crippen LogP contribution in [-0.4, -0.2) is 29.5 Å². The third kappa shape index (κ3) is 9.23. The number of pyridine rings is 1. The second kappa shape index (κ2) is 14.1. The quantitative estimate of drug-likeness (QED) is 0.461. The van der Waals surface area contributed by atoms with Crippen molar-refractivity contribution in [1.29, 1.82) is 0 Å². The number of hydrogen-bond donors (Lipinski definition) is 2. The van der Waals surface area contributed by atoms with E-state index in [0.717, 1.165) is 43.5 Å². The molecule has 170 valence electrons. The normalized spacial score (nSPS) is 15.1. The van der Waals surface area contributed by atoms with Crippen LogP contribution in [0.15, 0.2) is 18.2 Å². The minimum atomic E-state index is -0.562. The van der Waals surface area contributed by atoms with E-state index in [1.807, 2.05) is 25.1 Å². The number of carbonyl (C=O) groups excluding carboxylic acids is 2. The van der Waals surface area contributed by atoms with Crippen LogP contribution in [-0.2, 0) is 22.6 Å². The Morgan fingerprint density at radius 1 is 1.10 bits per heavy atom. The van der Waals surface area contributed by atoms with Gasteiger partial charge in [-0.2, -0.15) is 0 Å². The van der Waals surface area contributed by atoms with E-state index >= 15 is 0 Å². The average Bonchev–Trinajstić information content (AvgIpc) is 2.71. The molecule has 0 radical (unpaired) electrons. The van der Waals surface area contributed by atoms with E-state index in [-0.39, 0.29) is 29.6 Å². The predicted molar refractivity (Wildman–Crippen MR) is 120 cm³/mol. The Balaban J connectivity index is 2.79. The summed E-state index contributed by atoms with van der Waals surface area (Å²) in [5.41, 5.74) is 1.75. The molecule has 1 aromatic rings. The first-order valence-electron chi connectivity index (χ1n) is 11.4. The van der Waals surface area contributed by atoms with Crippen molar-refractivity contribution in [2.45, 2.75) is 85.7 Å². The van der Waals surface area contributed by atoms with Gasteiger partial charge in [-0.3, -0.25) is 14.6 Å². The third-order valence-corrected chi connectivity index (χ3v) is 5.70. The van der Waals surface area contributed by atoms with Crippen molar-refractivity contribution in [3.8, 4) is 0 Å². The van der Waals surface area contributed by atoms with Gasteiger partial charge >= 0.3 is 0 Å². The summed E-state index contributed by atoms with van der Waals surface area (Å²) >= 11 is 0. The van der Waals surface area contributed by atoms with Crippen molar-refractivity contribution in [3.63, 3.8) is 0 Å². The molecule has 0 aliphatic rings. The molecule has 0 aliphatic heterocycles. The average molecular weight is 422 g/mol. The van der Waals surface area contributed by atoms with E-state index in [4.69, 9.17) is 4.98 Å². The van der Waals surface area contributed by atoms with Gasteiger partial charge < -0.3 is 10.6 Å². The van der Waals surface area contributed by atoms with Gasteiger partial charge in [0.05, 0.1) is 18.3 Å². The summed E-state index contributed by atoms with van der Waals surface area (Å²) in [6.07, 6.45) is 5.47. The summed E-state index contributed by atoms with van der Waals surface area (Å²) in [4.78, 5) is 28.4. The summed E-state index contributed by atoms with van der Waals surface area (Å²) in [6, 6.07) is 5.37. The Kier molecular flexibility index (Phi) is 12.2. The number of unbranched alkanes of at least 4 members (excludes halogenated alkanes) is 1. The minimum Gasteiger partial charge on any atom is -0.351 e. The molecule has 2 amide bonds. The lowest BCUT2D eigenvalue weighted by atomic mass is 9.81. The Morgan fingerprint density at radius 2 is 1.80 bits per heavy atom. The summed E-state index contributed by atoms with van der Waals surface area (Å²) in [6.45, 7) is 9.52. The summed E-state index contributed by atoms with van der Waals surface area (Å²) in [5.74, 6) is 0.0894. The van der Waals surface area contributed by atoms with Crippen molar-refractivity contribution in [2.24, 2.45) is 17.8 Å². The van der Waals surface area contributed by atoms with Crippen molar-refractivity contribution >= 4 is 11.8 Å². The van der Waals surface area contributed by atoms with Crippen LogP contribution in [0.3, 0.4) is 0 Å². The van der Waals surface area contributed by atoms with E-state index in [9.17, 15) is 14.0 Å². The lowest BCUT2D eigenvalue weighted by Gasteiger charge is -2.31. The topological polar surface area (TPSA) is 71.1 Å². The van der Waals surface area contributed by atoms with Gasteiger partial charge in [0.2, 0.25) is 11.8 Å². The second-order valence-electron chi connectivity index (χ2n) is 8.48. The fourth-order valence-electron chi connectivity index (χ4n) is 3.98. The van der Waals surface area contributed by atoms with Crippen molar-refractivity contribution in [3.05, 3.63) is 29.6 Å². The second-order valence-corrected chi connectivity index (χ2v) is 8.48. The standard InChI is InChI=1S/C24H40FN3O2/c1-6-8-13-22(23(15-25)27-19(5)29)18(4)14-20-11-9-12-21(28-20)16-26-24(30)17(3)10-7-2/h9,11-12,17-18,22-23H,6-8,10,13-16H2,1-5H3,(H,26,30)(H,27,29). The van der Waals surface area contributed by atoms with E-state index in [2.05, 4.69) is 31.4 Å². The fourth-order valence-corrected chi connectivity index (χ4v) is 3.98. The maximum atomic E-state index is 13.7. The summed E-state index contributed by atoms with van der Waals surface area (Å²) in [7, 11) is 0. The lowest BCUT2D eigenvalue weighted by Crippen LogP contribution is -2.43. The van der Waals surface area contributed by atoms with Crippen LogP contribution in [0.4, 0.5) is 4.39 Å². The van der Waals surface area contributed by atoms with Gasteiger partial charge in [0.15, 0.2) is 0 Å². The molecule has 1 aromatic heterocycles. The van der Waals surface area contributed by atoms with Crippen LogP contribution >= 0.6 is 0 Å². The van der Waals surface area contributed by atoms with Gasteiger partial charge in [-0.25, -0.2) is 4.39 Å². The van der Waals surface area contributed by atoms with Crippen LogP contribution in [0.5, 0.6) is 0 Å². The molecular formula is C24H40FN3O2. The fraction of sp³-hybridized carbons (Fsp3) is 0.708. The minimum absolute atomic E-state index is 0.00365. The van der Waals surface area contributed by atoms with Crippen LogP contribution < -0.4 is 10.6 Å². The predicted octanol–water partition coefficient (Wildman–Crippen LogP) is 4.59. The maximum absolute atomic E-state index is 13.7. The van der Waals surface area contributed by atoms with Crippen molar-refractivity contribution < 1.29 is 14.0 Å². The highest BCUT2D eigenvalue weighted by molar-refractivity contribution is 5.78. The molecule has 5 nitrogen and oxygen atoms in total. The number of carbonyl (C=O) groups is 2. The zero-order valence-electron chi connectivity index (χ0n) is 19.3. The molecule has 30 heavy (non-hydrogen) atoms. The molecule has 0 aromatic carbocycles.